The Balaban J connectivity index is 2.06. The first kappa shape index (κ1) is 11.9. The highest BCUT2D eigenvalue weighted by atomic mass is 19.1. The minimum absolute atomic E-state index is 0.0786. The highest BCUT2D eigenvalue weighted by molar-refractivity contribution is 5.24. The molecule has 88 valence electrons. The Hall–Kier alpha value is -1.59. The van der Waals surface area contributed by atoms with Crippen LogP contribution in [0.25, 0.3) is 0 Å². The summed E-state index contributed by atoms with van der Waals surface area (Å²) in [6.45, 7) is 0. The quantitative estimate of drug-likeness (QED) is 0.569. The van der Waals surface area contributed by atoms with Crippen molar-refractivity contribution in [2.75, 3.05) is 0 Å². The summed E-state index contributed by atoms with van der Waals surface area (Å²) in [5.74, 6) is 2.34. The lowest BCUT2D eigenvalue weighted by molar-refractivity contribution is 0.0380. The fourth-order valence-corrected chi connectivity index (χ4v) is 1.92. The zero-order valence-electron chi connectivity index (χ0n) is 9.60. The summed E-state index contributed by atoms with van der Waals surface area (Å²) in [6.07, 6.45) is 12.5. The van der Waals surface area contributed by atoms with E-state index in [2.05, 4.69) is 18.1 Å². The molecule has 1 aliphatic rings. The molecule has 1 aromatic carbocycles. The molecule has 2 atom stereocenters. The van der Waals surface area contributed by atoms with Crippen molar-refractivity contribution in [3.63, 3.8) is 0 Å². The summed E-state index contributed by atoms with van der Waals surface area (Å²) in [6, 6.07) is 6.15. The maximum absolute atomic E-state index is 12.8. The minimum atomic E-state index is -0.400. The zero-order valence-corrected chi connectivity index (χ0v) is 9.60. The molecule has 0 aromatic heterocycles. The van der Waals surface area contributed by atoms with Gasteiger partial charge in [-0.25, -0.2) is 4.39 Å². The molecule has 2 unspecified atom stereocenters. The first-order valence-electron chi connectivity index (χ1n) is 5.83. The smallest absolute Gasteiger partial charge is 0.143 e. The van der Waals surface area contributed by atoms with E-state index in [9.17, 15) is 4.39 Å². The summed E-state index contributed by atoms with van der Waals surface area (Å²) < 4.78 is 18.6. The molecule has 0 fully saturated rings. The van der Waals surface area contributed by atoms with Crippen molar-refractivity contribution in [2.45, 2.75) is 31.5 Å². The molecule has 0 spiro atoms. The van der Waals surface area contributed by atoms with E-state index in [1.54, 1.807) is 12.1 Å². The van der Waals surface area contributed by atoms with Crippen LogP contribution in [0.4, 0.5) is 4.39 Å². The van der Waals surface area contributed by atoms with E-state index >= 15 is 0 Å². The molecule has 0 aliphatic heterocycles. The Bertz CT molecular complexity index is 427. The molecular formula is C15H15FO. The van der Waals surface area contributed by atoms with Gasteiger partial charge in [0, 0.05) is 0 Å². The molecule has 1 nitrogen and oxygen atoms in total. The third kappa shape index (κ3) is 3.18. The van der Waals surface area contributed by atoms with Crippen LogP contribution in [0.5, 0.6) is 0 Å². The largest absolute Gasteiger partial charge is 0.354 e. The Kier molecular flexibility index (Phi) is 3.95. The van der Waals surface area contributed by atoms with Gasteiger partial charge in [0.05, 0.1) is 6.10 Å². The third-order valence-electron chi connectivity index (χ3n) is 2.85. The number of rotatable bonds is 3. The van der Waals surface area contributed by atoms with Gasteiger partial charge in [-0.2, -0.15) is 0 Å². The maximum Gasteiger partial charge on any atom is 0.143 e. The molecule has 1 aromatic rings. The predicted octanol–water partition coefficient (Wildman–Crippen LogP) is 3.63. The summed E-state index contributed by atoms with van der Waals surface area (Å²) >= 11 is 0. The number of allylic oxidation sites excluding steroid dienone is 1. The van der Waals surface area contributed by atoms with Crippen LogP contribution in [0.3, 0.4) is 0 Å². The molecular weight excluding hydrogens is 215 g/mol. The first-order valence-corrected chi connectivity index (χ1v) is 5.83. The van der Waals surface area contributed by atoms with Crippen molar-refractivity contribution in [3.05, 3.63) is 47.8 Å². The number of terminal acetylenes is 1. The van der Waals surface area contributed by atoms with Crippen LogP contribution in [0, 0.1) is 18.2 Å². The summed E-state index contributed by atoms with van der Waals surface area (Å²) in [5.41, 5.74) is 0.827. The van der Waals surface area contributed by atoms with Crippen molar-refractivity contribution in [1.82, 2.24) is 0 Å². The fraction of sp³-hybridized carbons (Fsp3) is 0.333. The molecule has 1 aliphatic carbocycles. The van der Waals surface area contributed by atoms with Crippen LogP contribution in [-0.2, 0) is 4.74 Å². The van der Waals surface area contributed by atoms with Gasteiger partial charge in [-0.05, 0) is 37.0 Å². The van der Waals surface area contributed by atoms with Crippen molar-refractivity contribution in [3.8, 4) is 12.3 Å². The molecule has 0 heterocycles. The summed E-state index contributed by atoms with van der Waals surface area (Å²) in [5, 5.41) is 0. The maximum atomic E-state index is 12.8. The number of ether oxygens (including phenoxy) is 1. The first-order chi connectivity index (χ1) is 8.29. The van der Waals surface area contributed by atoms with Gasteiger partial charge in [-0.1, -0.05) is 30.2 Å². The van der Waals surface area contributed by atoms with E-state index in [4.69, 9.17) is 11.2 Å². The van der Waals surface area contributed by atoms with Crippen LogP contribution in [0.1, 0.15) is 30.9 Å². The third-order valence-corrected chi connectivity index (χ3v) is 2.85. The van der Waals surface area contributed by atoms with Crippen molar-refractivity contribution >= 4 is 0 Å². The zero-order chi connectivity index (χ0) is 12.1. The number of benzene rings is 1. The second-order valence-corrected chi connectivity index (χ2v) is 4.13. The normalized spacial score (nSPS) is 20.8. The van der Waals surface area contributed by atoms with Crippen LogP contribution in [0.15, 0.2) is 36.4 Å². The predicted molar refractivity (Wildman–Crippen MR) is 65.8 cm³/mol. The molecule has 0 saturated heterocycles. The second-order valence-electron chi connectivity index (χ2n) is 4.13. The van der Waals surface area contributed by atoms with Crippen LogP contribution < -0.4 is 0 Å². The van der Waals surface area contributed by atoms with E-state index in [0.29, 0.717) is 0 Å². The lowest BCUT2D eigenvalue weighted by Gasteiger charge is -2.21. The lowest BCUT2D eigenvalue weighted by Crippen LogP contribution is -2.15. The van der Waals surface area contributed by atoms with Gasteiger partial charge in [0.25, 0.3) is 0 Å². The molecule has 2 heteroatoms. The van der Waals surface area contributed by atoms with Gasteiger partial charge in [-0.15, -0.1) is 6.42 Å². The van der Waals surface area contributed by atoms with Crippen molar-refractivity contribution in [2.24, 2.45) is 0 Å². The van der Waals surface area contributed by atoms with Crippen LogP contribution in [-0.4, -0.2) is 6.10 Å². The van der Waals surface area contributed by atoms with Gasteiger partial charge in [0.15, 0.2) is 0 Å². The molecule has 0 amide bonds. The second kappa shape index (κ2) is 5.65. The average Bonchev–Trinajstić information content (AvgIpc) is 2.38. The molecule has 2 rings (SSSR count). The average molecular weight is 230 g/mol. The van der Waals surface area contributed by atoms with E-state index < -0.39 is 6.10 Å². The fourth-order valence-electron chi connectivity index (χ4n) is 1.92. The van der Waals surface area contributed by atoms with Gasteiger partial charge in [-0.3, -0.25) is 0 Å². The molecule has 17 heavy (non-hydrogen) atoms. The number of hydrogen-bond donors (Lipinski definition) is 0. The van der Waals surface area contributed by atoms with E-state index in [1.807, 2.05) is 0 Å². The molecule has 0 radical (unpaired) electrons. The topological polar surface area (TPSA) is 9.23 Å². The Labute approximate surface area is 101 Å². The molecule has 0 bridgehead atoms. The van der Waals surface area contributed by atoms with Crippen LogP contribution >= 0.6 is 0 Å². The van der Waals surface area contributed by atoms with Gasteiger partial charge < -0.3 is 4.74 Å². The highest BCUT2D eigenvalue weighted by Gasteiger charge is 2.15. The standard InChI is InChI=1S/C15H15FO/c1-2-15(12-8-10-13(16)11-9-12)17-14-6-4-3-5-7-14/h1,4,6,8-11,14-15H,3,5,7H2. The SMILES string of the molecule is C#CC(OC1C=CCCC1)c1ccc(F)cc1. The Morgan fingerprint density at radius 2 is 2.12 bits per heavy atom. The summed E-state index contributed by atoms with van der Waals surface area (Å²) in [4.78, 5) is 0. The molecule has 0 N–H and O–H groups in total. The number of halogens is 1. The minimum Gasteiger partial charge on any atom is -0.354 e. The number of hydrogen-bond acceptors (Lipinski definition) is 1. The van der Waals surface area contributed by atoms with E-state index in [-0.39, 0.29) is 11.9 Å². The van der Waals surface area contributed by atoms with Gasteiger partial charge in [0.2, 0.25) is 0 Å². The Morgan fingerprint density at radius 1 is 1.35 bits per heavy atom. The lowest BCUT2D eigenvalue weighted by atomic mass is 10.0. The van der Waals surface area contributed by atoms with Crippen molar-refractivity contribution in [1.29, 1.82) is 0 Å². The van der Waals surface area contributed by atoms with Crippen molar-refractivity contribution < 1.29 is 9.13 Å². The monoisotopic (exact) mass is 230 g/mol. The Morgan fingerprint density at radius 3 is 2.71 bits per heavy atom. The summed E-state index contributed by atoms with van der Waals surface area (Å²) in [7, 11) is 0. The van der Waals surface area contributed by atoms with Crippen LogP contribution in [0.2, 0.25) is 0 Å². The van der Waals surface area contributed by atoms with E-state index in [0.717, 1.165) is 24.8 Å². The van der Waals surface area contributed by atoms with Gasteiger partial charge in [0.1, 0.15) is 11.9 Å². The molecule has 0 saturated carbocycles. The van der Waals surface area contributed by atoms with E-state index in [1.165, 1.54) is 12.1 Å². The highest BCUT2D eigenvalue weighted by Crippen LogP contribution is 2.23. The van der Waals surface area contributed by atoms with Gasteiger partial charge >= 0.3 is 0 Å².